The predicted octanol–water partition coefficient (Wildman–Crippen LogP) is 6.66. The number of anilines is 3. The number of hydrogen-bond donors (Lipinski definition) is 2. The molecular weight excluding hydrogens is 522 g/mol. The molecule has 5 aromatic carbocycles. The van der Waals surface area contributed by atoms with Gasteiger partial charge in [0.05, 0.1) is 11.3 Å². The van der Waals surface area contributed by atoms with Crippen molar-refractivity contribution >= 4 is 40.4 Å². The molecule has 1 atom stereocenters. The van der Waals surface area contributed by atoms with Gasteiger partial charge in [-0.1, -0.05) is 115 Å². The number of carbonyl (C=O) groups excluding carboxylic acids is 3. The zero-order valence-corrected chi connectivity index (χ0v) is 22.6. The van der Waals surface area contributed by atoms with Crippen LogP contribution < -0.4 is 15.5 Å². The zero-order valence-electron chi connectivity index (χ0n) is 22.6. The van der Waals surface area contributed by atoms with Crippen molar-refractivity contribution in [2.75, 3.05) is 15.5 Å². The van der Waals surface area contributed by atoms with E-state index in [-0.39, 0.29) is 5.57 Å². The second-order valence-corrected chi connectivity index (χ2v) is 9.81. The lowest BCUT2D eigenvalue weighted by atomic mass is 9.79. The fraction of sp³-hybridized carbons (Fsp3) is 0.0278. The Bertz CT molecular complexity index is 1760. The number of nitrogens with one attached hydrogen (secondary N) is 2. The largest absolute Gasteiger partial charge is 0.355 e. The van der Waals surface area contributed by atoms with Gasteiger partial charge < -0.3 is 10.6 Å². The summed E-state index contributed by atoms with van der Waals surface area (Å²) in [5, 5.41) is 6.42. The van der Waals surface area contributed by atoms with Crippen molar-refractivity contribution in [1.82, 2.24) is 0 Å². The average molecular weight is 550 g/mol. The quantitative estimate of drug-likeness (QED) is 0.176. The Morgan fingerprint density at radius 2 is 1.00 bits per heavy atom. The smallest absolute Gasteiger partial charge is 0.300 e. The molecule has 5 aromatic rings. The summed E-state index contributed by atoms with van der Waals surface area (Å²) in [6.07, 6.45) is 0. The summed E-state index contributed by atoms with van der Waals surface area (Å²) in [5.41, 5.74) is 1.32. The molecule has 0 aromatic heterocycles. The third-order valence-electron chi connectivity index (χ3n) is 7.24. The van der Waals surface area contributed by atoms with Gasteiger partial charge in [-0.3, -0.25) is 19.3 Å². The third-order valence-corrected chi connectivity index (χ3v) is 7.24. The molecule has 1 saturated heterocycles. The molecule has 0 radical (unpaired) electrons. The Kier molecular flexibility index (Phi) is 7.18. The van der Waals surface area contributed by atoms with Gasteiger partial charge in [0.25, 0.3) is 11.7 Å². The Hall–Kier alpha value is -5.75. The molecule has 1 heterocycles. The molecule has 42 heavy (non-hydrogen) atoms. The van der Waals surface area contributed by atoms with Crippen molar-refractivity contribution in [3.63, 3.8) is 0 Å². The van der Waals surface area contributed by atoms with Gasteiger partial charge in [-0.15, -0.1) is 0 Å². The molecule has 1 fully saturated rings. The summed E-state index contributed by atoms with van der Waals surface area (Å²) in [5.74, 6) is -2.11. The summed E-state index contributed by atoms with van der Waals surface area (Å²) in [7, 11) is 0. The maximum Gasteiger partial charge on any atom is 0.300 e. The van der Waals surface area contributed by atoms with Crippen LogP contribution in [-0.4, -0.2) is 17.6 Å². The number of amides is 2. The molecule has 0 bridgehead atoms. The summed E-state index contributed by atoms with van der Waals surface area (Å²) in [6.45, 7) is 0. The maximum atomic E-state index is 14.9. The van der Waals surface area contributed by atoms with Crippen molar-refractivity contribution in [3.8, 4) is 0 Å². The maximum absolute atomic E-state index is 14.9. The van der Waals surface area contributed by atoms with Crippen LogP contribution in [0.25, 0.3) is 5.70 Å². The van der Waals surface area contributed by atoms with E-state index in [1.54, 1.807) is 60.7 Å². The second-order valence-electron chi connectivity index (χ2n) is 9.81. The fourth-order valence-electron chi connectivity index (χ4n) is 5.41. The minimum Gasteiger partial charge on any atom is -0.355 e. The highest BCUT2D eigenvalue weighted by molar-refractivity contribution is 6.55. The van der Waals surface area contributed by atoms with Crippen LogP contribution in [0.5, 0.6) is 0 Å². The van der Waals surface area contributed by atoms with Crippen LogP contribution in [0.15, 0.2) is 157 Å². The van der Waals surface area contributed by atoms with E-state index in [4.69, 9.17) is 0 Å². The predicted molar refractivity (Wildman–Crippen MR) is 166 cm³/mol. The molecule has 6 heteroatoms. The molecular formula is C36H27N3O3. The van der Waals surface area contributed by atoms with Gasteiger partial charge in [0.2, 0.25) is 0 Å². The van der Waals surface area contributed by atoms with Crippen LogP contribution in [-0.2, 0) is 19.9 Å². The molecule has 6 nitrogen and oxygen atoms in total. The van der Waals surface area contributed by atoms with Crippen molar-refractivity contribution in [2.24, 2.45) is 0 Å². The Balaban J connectivity index is 1.73. The number of hydrogen-bond acceptors (Lipinski definition) is 4. The number of benzene rings is 5. The highest BCUT2D eigenvalue weighted by atomic mass is 16.2. The molecule has 1 aliphatic rings. The number of para-hydroxylation sites is 3. The molecule has 6 rings (SSSR count). The molecule has 204 valence electrons. The molecule has 1 unspecified atom stereocenters. The summed E-state index contributed by atoms with van der Waals surface area (Å²) in [6, 6.07) is 45.5. The standard InChI is InChI=1S/C36H27N3O3/c40-33-31(32(26-16-6-1-7-17-26)37-28-20-10-3-11-21-28)36(27-18-8-2-9-19-27,35(42)38-29-22-12-4-13-23-29)39(34(33)41)30-24-14-5-15-25-30/h1-25,37H,(H,38,42)/b32-31-. The number of nitrogens with zero attached hydrogens (tertiary/aromatic N) is 1. The first-order valence-corrected chi connectivity index (χ1v) is 13.6. The average Bonchev–Trinajstić information content (AvgIpc) is 3.29. The van der Waals surface area contributed by atoms with Gasteiger partial charge in [0.15, 0.2) is 5.54 Å². The molecule has 1 aliphatic heterocycles. The molecule has 0 spiro atoms. The van der Waals surface area contributed by atoms with Gasteiger partial charge in [0.1, 0.15) is 0 Å². The minimum absolute atomic E-state index is 0.0334. The molecule has 2 N–H and O–H groups in total. The van der Waals surface area contributed by atoms with Gasteiger partial charge in [-0.05, 0) is 47.5 Å². The molecule has 2 amide bonds. The SMILES string of the molecule is O=C1C(=O)N(c2ccccc2)C(C(=O)Nc2ccccc2)(c2ccccc2)/C1=C(\Nc1ccccc1)c1ccccc1. The first kappa shape index (κ1) is 26.5. The van der Waals surface area contributed by atoms with Crippen molar-refractivity contribution in [1.29, 1.82) is 0 Å². The lowest BCUT2D eigenvalue weighted by molar-refractivity contribution is -0.132. The van der Waals surface area contributed by atoms with Gasteiger partial charge in [-0.25, -0.2) is 0 Å². The lowest BCUT2D eigenvalue weighted by Crippen LogP contribution is -2.53. The van der Waals surface area contributed by atoms with Crippen LogP contribution in [0, 0.1) is 0 Å². The zero-order chi connectivity index (χ0) is 28.9. The van der Waals surface area contributed by atoms with E-state index in [2.05, 4.69) is 10.6 Å². The normalized spacial score (nSPS) is 17.6. The van der Waals surface area contributed by atoms with E-state index < -0.39 is 23.1 Å². The van der Waals surface area contributed by atoms with E-state index in [0.717, 1.165) is 0 Å². The van der Waals surface area contributed by atoms with Crippen LogP contribution >= 0.6 is 0 Å². The van der Waals surface area contributed by atoms with E-state index in [1.807, 2.05) is 91.0 Å². The van der Waals surface area contributed by atoms with E-state index in [0.29, 0.717) is 33.9 Å². The topological polar surface area (TPSA) is 78.5 Å². The van der Waals surface area contributed by atoms with Crippen LogP contribution in [0.3, 0.4) is 0 Å². The molecule has 0 saturated carbocycles. The van der Waals surface area contributed by atoms with Gasteiger partial charge in [0, 0.05) is 17.1 Å². The van der Waals surface area contributed by atoms with Crippen LogP contribution in [0.4, 0.5) is 17.1 Å². The van der Waals surface area contributed by atoms with Crippen molar-refractivity contribution in [3.05, 3.63) is 168 Å². The Labute approximate surface area is 243 Å². The van der Waals surface area contributed by atoms with Crippen molar-refractivity contribution in [2.45, 2.75) is 5.54 Å². The minimum atomic E-state index is -1.86. The fourth-order valence-corrected chi connectivity index (χ4v) is 5.41. The number of rotatable bonds is 7. The monoisotopic (exact) mass is 549 g/mol. The van der Waals surface area contributed by atoms with Gasteiger partial charge in [-0.2, -0.15) is 0 Å². The van der Waals surface area contributed by atoms with E-state index in [9.17, 15) is 14.4 Å². The summed E-state index contributed by atoms with van der Waals surface area (Å²) in [4.78, 5) is 44.8. The Morgan fingerprint density at radius 3 is 1.55 bits per heavy atom. The van der Waals surface area contributed by atoms with E-state index >= 15 is 0 Å². The van der Waals surface area contributed by atoms with Crippen LogP contribution in [0.1, 0.15) is 11.1 Å². The highest BCUT2D eigenvalue weighted by Gasteiger charge is 2.62. The Morgan fingerprint density at radius 1 is 0.548 bits per heavy atom. The van der Waals surface area contributed by atoms with Crippen LogP contribution in [0.2, 0.25) is 0 Å². The number of ketones is 1. The summed E-state index contributed by atoms with van der Waals surface area (Å²) >= 11 is 0. The third kappa shape index (κ3) is 4.65. The van der Waals surface area contributed by atoms with E-state index in [1.165, 1.54) is 4.90 Å². The lowest BCUT2D eigenvalue weighted by Gasteiger charge is -2.38. The second kappa shape index (κ2) is 11.4. The first-order valence-electron chi connectivity index (χ1n) is 13.6. The number of carbonyl (C=O) groups is 3. The molecule has 0 aliphatic carbocycles. The highest BCUT2D eigenvalue weighted by Crippen LogP contribution is 2.48. The summed E-state index contributed by atoms with van der Waals surface area (Å²) < 4.78 is 0. The van der Waals surface area contributed by atoms with Gasteiger partial charge >= 0.3 is 5.91 Å². The number of Topliss-reactive ketones (excluding diaryl/α,β-unsaturated/α-hetero) is 1. The van der Waals surface area contributed by atoms with Crippen molar-refractivity contribution < 1.29 is 14.4 Å². The first-order chi connectivity index (χ1) is 20.6.